The van der Waals surface area contributed by atoms with Gasteiger partial charge in [-0.25, -0.2) is 8.42 Å². The molecule has 9 heteroatoms. The van der Waals surface area contributed by atoms with Gasteiger partial charge in [0.2, 0.25) is 26.6 Å². The zero-order valence-corrected chi connectivity index (χ0v) is 19.5. The highest BCUT2D eigenvalue weighted by molar-refractivity contribution is 9.10. The largest absolute Gasteiger partial charge is 0.419 e. The van der Waals surface area contributed by atoms with Crippen LogP contribution in [0.4, 0.5) is 5.88 Å². The van der Waals surface area contributed by atoms with Gasteiger partial charge in [0.15, 0.2) is 0 Å². The molecule has 1 aromatic heterocycles. The van der Waals surface area contributed by atoms with Gasteiger partial charge in [-0.2, -0.15) is 4.98 Å². The number of hydrogen-bond donors (Lipinski definition) is 0. The fourth-order valence-corrected chi connectivity index (χ4v) is 5.17. The van der Waals surface area contributed by atoms with Crippen LogP contribution in [0, 0.1) is 0 Å². The number of hydrogen-bond acceptors (Lipinski definition) is 6. The van der Waals surface area contributed by atoms with Crippen molar-refractivity contribution in [1.82, 2.24) is 4.98 Å². The second kappa shape index (κ2) is 8.34. The zero-order chi connectivity index (χ0) is 21.5. The maximum atomic E-state index is 13.5. The van der Waals surface area contributed by atoms with Crippen LogP contribution in [0.15, 0.2) is 67.3 Å². The molecule has 30 heavy (non-hydrogen) atoms. The van der Waals surface area contributed by atoms with Gasteiger partial charge in [0, 0.05) is 28.1 Å². The van der Waals surface area contributed by atoms with Crippen molar-refractivity contribution >= 4 is 43.3 Å². The van der Waals surface area contributed by atoms with Crippen molar-refractivity contribution in [2.45, 2.75) is 36.0 Å². The molecule has 0 amide bonds. The molecule has 158 valence electrons. The number of aromatic nitrogens is 1. The fraction of sp³-hybridized carbons (Fsp3) is 0.286. The summed E-state index contributed by atoms with van der Waals surface area (Å²) in [6, 6.07) is 13.4. The molecule has 1 fully saturated rings. The maximum Gasteiger partial charge on any atom is 0.236 e. The van der Waals surface area contributed by atoms with Crippen molar-refractivity contribution in [3.8, 4) is 11.5 Å². The Morgan fingerprint density at radius 1 is 1.03 bits per heavy atom. The normalized spacial score (nSPS) is 19.8. The van der Waals surface area contributed by atoms with Crippen LogP contribution in [0.1, 0.15) is 13.8 Å². The number of morpholine rings is 1. The third-order valence-corrected chi connectivity index (χ3v) is 7.20. The summed E-state index contributed by atoms with van der Waals surface area (Å²) in [5, 5.41) is 0.472. The average Bonchev–Trinajstić information content (AvgIpc) is 3.14. The van der Waals surface area contributed by atoms with E-state index in [4.69, 9.17) is 20.8 Å². The highest BCUT2D eigenvalue weighted by Gasteiger charge is 2.34. The van der Waals surface area contributed by atoms with Crippen LogP contribution >= 0.6 is 27.5 Å². The van der Waals surface area contributed by atoms with Crippen LogP contribution < -0.4 is 4.90 Å². The lowest BCUT2D eigenvalue weighted by atomic mass is 10.2. The average molecular weight is 512 g/mol. The third kappa shape index (κ3) is 4.27. The smallest absolute Gasteiger partial charge is 0.236 e. The van der Waals surface area contributed by atoms with Gasteiger partial charge >= 0.3 is 0 Å². The van der Waals surface area contributed by atoms with Gasteiger partial charge in [0.1, 0.15) is 0 Å². The number of ether oxygens (including phenoxy) is 1. The van der Waals surface area contributed by atoms with E-state index in [1.54, 1.807) is 48.5 Å². The second-order valence-corrected chi connectivity index (χ2v) is 10.5. The standard InChI is InChI=1S/C21H20BrClN2O4S/c1-13-11-25(12-14(2)28-13)21-20(30(26,27)18-9-5-16(22)6-10-18)24-19(29-21)15-3-7-17(23)8-4-15/h3-10,13-14H,11-12H2,1-2H3. The first-order valence-corrected chi connectivity index (χ1v) is 12.1. The Kier molecular flexibility index (Phi) is 5.94. The van der Waals surface area contributed by atoms with Crippen molar-refractivity contribution in [3.05, 3.63) is 58.0 Å². The number of nitrogens with zero attached hydrogens (tertiary/aromatic N) is 2. The number of oxazole rings is 1. The minimum Gasteiger partial charge on any atom is -0.419 e. The topological polar surface area (TPSA) is 72.6 Å². The van der Waals surface area contributed by atoms with Gasteiger partial charge in [0.25, 0.3) is 0 Å². The van der Waals surface area contributed by atoms with Crippen LogP contribution in [0.2, 0.25) is 5.02 Å². The highest BCUT2D eigenvalue weighted by Crippen LogP contribution is 2.36. The Hall–Kier alpha value is -1.87. The molecule has 2 aromatic carbocycles. The fourth-order valence-electron chi connectivity index (χ4n) is 3.46. The Labute approximate surface area is 188 Å². The molecule has 0 bridgehead atoms. The van der Waals surface area contributed by atoms with Crippen molar-refractivity contribution in [3.63, 3.8) is 0 Å². The summed E-state index contributed by atoms with van der Waals surface area (Å²) in [6.07, 6.45) is -0.137. The molecule has 1 aliphatic rings. The number of benzene rings is 2. The molecule has 4 rings (SSSR count). The molecule has 1 saturated heterocycles. The SMILES string of the molecule is CC1CN(c2oc(-c3ccc(Cl)cc3)nc2S(=O)(=O)c2ccc(Br)cc2)CC(C)O1. The van der Waals surface area contributed by atoms with E-state index in [-0.39, 0.29) is 33.9 Å². The lowest BCUT2D eigenvalue weighted by Crippen LogP contribution is -2.45. The number of sulfone groups is 1. The number of halogens is 2. The monoisotopic (exact) mass is 510 g/mol. The molecule has 0 aliphatic carbocycles. The van der Waals surface area contributed by atoms with E-state index in [9.17, 15) is 8.42 Å². The summed E-state index contributed by atoms with van der Waals surface area (Å²) in [7, 11) is -3.90. The Morgan fingerprint density at radius 2 is 1.63 bits per heavy atom. The van der Waals surface area contributed by atoms with E-state index < -0.39 is 9.84 Å². The molecule has 3 aromatic rings. The van der Waals surface area contributed by atoms with Gasteiger partial charge in [-0.05, 0) is 62.4 Å². The molecule has 0 saturated carbocycles. The van der Waals surface area contributed by atoms with E-state index in [1.807, 2.05) is 18.7 Å². The van der Waals surface area contributed by atoms with Gasteiger partial charge in [-0.3, -0.25) is 0 Å². The summed E-state index contributed by atoms with van der Waals surface area (Å²) in [5.41, 5.74) is 0.646. The molecule has 2 atom stereocenters. The van der Waals surface area contributed by atoms with Crippen LogP contribution in [0.3, 0.4) is 0 Å². The van der Waals surface area contributed by atoms with Crippen molar-refractivity contribution in [2.24, 2.45) is 0 Å². The summed E-state index contributed by atoms with van der Waals surface area (Å²) < 4.78 is 39.5. The van der Waals surface area contributed by atoms with E-state index in [1.165, 1.54) is 0 Å². The Morgan fingerprint density at radius 3 is 2.23 bits per heavy atom. The number of anilines is 1. The predicted octanol–water partition coefficient (Wildman–Crippen LogP) is 5.20. The van der Waals surface area contributed by atoms with Gasteiger partial charge in [-0.15, -0.1) is 0 Å². The Bertz CT molecular complexity index is 1140. The van der Waals surface area contributed by atoms with E-state index in [0.29, 0.717) is 23.7 Å². The lowest BCUT2D eigenvalue weighted by Gasteiger charge is -2.35. The maximum absolute atomic E-state index is 13.5. The molecule has 6 nitrogen and oxygen atoms in total. The molecular formula is C21H20BrClN2O4S. The molecule has 0 radical (unpaired) electrons. The molecule has 0 spiro atoms. The minimum absolute atomic E-state index is 0.0685. The molecular weight excluding hydrogens is 492 g/mol. The first kappa shape index (κ1) is 21.4. The summed E-state index contributed by atoms with van der Waals surface area (Å²) in [5.74, 6) is 0.453. The van der Waals surface area contributed by atoms with Crippen molar-refractivity contribution in [2.75, 3.05) is 18.0 Å². The van der Waals surface area contributed by atoms with Gasteiger partial charge in [-0.1, -0.05) is 27.5 Å². The van der Waals surface area contributed by atoms with Crippen LogP contribution in [0.5, 0.6) is 0 Å². The van der Waals surface area contributed by atoms with Gasteiger partial charge in [0.05, 0.1) is 17.1 Å². The summed E-state index contributed by atoms with van der Waals surface area (Å²) >= 11 is 9.32. The first-order valence-electron chi connectivity index (χ1n) is 9.42. The Balaban J connectivity index is 1.85. The van der Waals surface area contributed by atoms with E-state index >= 15 is 0 Å². The molecule has 0 N–H and O–H groups in total. The van der Waals surface area contributed by atoms with Gasteiger partial charge < -0.3 is 14.1 Å². The van der Waals surface area contributed by atoms with Crippen molar-refractivity contribution < 1.29 is 17.6 Å². The van der Waals surface area contributed by atoms with E-state index in [2.05, 4.69) is 20.9 Å². The molecule has 2 heterocycles. The second-order valence-electron chi connectivity index (χ2n) is 7.26. The van der Waals surface area contributed by atoms with Crippen LogP contribution in [-0.4, -0.2) is 38.7 Å². The molecule has 1 aliphatic heterocycles. The first-order chi connectivity index (χ1) is 14.2. The van der Waals surface area contributed by atoms with Crippen LogP contribution in [-0.2, 0) is 14.6 Å². The lowest BCUT2D eigenvalue weighted by molar-refractivity contribution is -0.00657. The van der Waals surface area contributed by atoms with E-state index in [0.717, 1.165) is 4.47 Å². The van der Waals surface area contributed by atoms with Crippen LogP contribution in [0.25, 0.3) is 11.5 Å². The highest BCUT2D eigenvalue weighted by atomic mass is 79.9. The minimum atomic E-state index is -3.90. The summed E-state index contributed by atoms with van der Waals surface area (Å²) in [4.78, 5) is 6.45. The predicted molar refractivity (Wildman–Crippen MR) is 119 cm³/mol. The van der Waals surface area contributed by atoms with Crippen molar-refractivity contribution in [1.29, 1.82) is 0 Å². The zero-order valence-electron chi connectivity index (χ0n) is 16.4. The quantitative estimate of drug-likeness (QED) is 0.479. The summed E-state index contributed by atoms with van der Waals surface area (Å²) in [6.45, 7) is 4.90. The third-order valence-electron chi connectivity index (χ3n) is 4.76. The molecule has 2 unspecified atom stereocenters. The number of rotatable bonds is 4.